The SMILES string of the molecule is O=C(Nc1nccnn1)c1ccnc(Br)c1. The number of carbonyl (C=O) groups excluding carboxylic acids is 1. The van der Waals surface area contributed by atoms with E-state index in [9.17, 15) is 4.79 Å². The zero-order valence-corrected chi connectivity index (χ0v) is 9.55. The number of hydrogen-bond donors (Lipinski definition) is 1. The molecule has 6 nitrogen and oxygen atoms in total. The molecule has 0 bridgehead atoms. The van der Waals surface area contributed by atoms with Gasteiger partial charge < -0.3 is 0 Å². The van der Waals surface area contributed by atoms with Crippen molar-refractivity contribution in [2.75, 3.05) is 5.32 Å². The van der Waals surface area contributed by atoms with Gasteiger partial charge in [-0.1, -0.05) is 0 Å². The maximum atomic E-state index is 11.7. The summed E-state index contributed by atoms with van der Waals surface area (Å²) in [5.74, 6) is -0.142. The fourth-order valence-corrected chi connectivity index (χ4v) is 1.39. The van der Waals surface area contributed by atoms with E-state index < -0.39 is 0 Å². The standard InChI is InChI=1S/C9H6BrN5O/c10-7-5-6(1-2-11-7)8(16)14-9-12-3-4-13-15-9/h1-5H,(H,12,14,15,16). The number of halogens is 1. The van der Waals surface area contributed by atoms with Crippen LogP contribution in [0.1, 0.15) is 10.4 Å². The Hall–Kier alpha value is -1.89. The average molecular weight is 280 g/mol. The van der Waals surface area contributed by atoms with Gasteiger partial charge in [-0.3, -0.25) is 10.1 Å². The fourth-order valence-electron chi connectivity index (χ4n) is 1.02. The number of amides is 1. The summed E-state index contributed by atoms with van der Waals surface area (Å²) in [6.45, 7) is 0. The molecule has 2 rings (SSSR count). The first-order valence-electron chi connectivity index (χ1n) is 4.32. The van der Waals surface area contributed by atoms with Crippen molar-refractivity contribution in [1.29, 1.82) is 0 Å². The highest BCUT2D eigenvalue weighted by Crippen LogP contribution is 2.09. The lowest BCUT2D eigenvalue weighted by Gasteiger charge is -2.02. The molecule has 0 aliphatic heterocycles. The third kappa shape index (κ3) is 2.57. The van der Waals surface area contributed by atoms with Gasteiger partial charge in [0.2, 0.25) is 5.95 Å². The van der Waals surface area contributed by atoms with Crippen molar-refractivity contribution < 1.29 is 4.79 Å². The Morgan fingerprint density at radius 2 is 2.12 bits per heavy atom. The molecule has 0 aliphatic carbocycles. The Balaban J connectivity index is 2.15. The molecule has 0 unspecified atom stereocenters. The van der Waals surface area contributed by atoms with Crippen LogP contribution in [0.5, 0.6) is 0 Å². The molecule has 0 saturated carbocycles. The van der Waals surface area contributed by atoms with Gasteiger partial charge in [-0.2, -0.15) is 5.10 Å². The summed E-state index contributed by atoms with van der Waals surface area (Å²) in [5, 5.41) is 9.76. The topological polar surface area (TPSA) is 80.7 Å². The molecule has 2 heterocycles. The van der Waals surface area contributed by atoms with Crippen LogP contribution in [0.3, 0.4) is 0 Å². The zero-order chi connectivity index (χ0) is 11.4. The van der Waals surface area contributed by atoms with Crippen LogP contribution in [0, 0.1) is 0 Å². The summed E-state index contributed by atoms with van der Waals surface area (Å²) in [6, 6.07) is 3.20. The lowest BCUT2D eigenvalue weighted by molar-refractivity contribution is 0.102. The molecule has 0 aliphatic rings. The highest BCUT2D eigenvalue weighted by Gasteiger charge is 2.07. The molecule has 80 valence electrons. The van der Waals surface area contributed by atoms with Gasteiger partial charge in [0.15, 0.2) is 0 Å². The maximum absolute atomic E-state index is 11.7. The first-order chi connectivity index (χ1) is 7.75. The van der Waals surface area contributed by atoms with E-state index in [-0.39, 0.29) is 11.9 Å². The Bertz CT molecular complexity index is 504. The quantitative estimate of drug-likeness (QED) is 0.838. The van der Waals surface area contributed by atoms with Gasteiger partial charge in [0.25, 0.3) is 5.91 Å². The largest absolute Gasteiger partial charge is 0.289 e. The van der Waals surface area contributed by atoms with Crippen LogP contribution in [0.25, 0.3) is 0 Å². The molecule has 0 saturated heterocycles. The lowest BCUT2D eigenvalue weighted by Crippen LogP contribution is -2.14. The Kier molecular flexibility index (Phi) is 3.16. The van der Waals surface area contributed by atoms with Crippen LogP contribution in [-0.2, 0) is 0 Å². The summed E-state index contributed by atoms with van der Waals surface area (Å²) in [4.78, 5) is 19.5. The van der Waals surface area contributed by atoms with E-state index in [1.54, 1.807) is 12.1 Å². The molecule has 1 amide bonds. The van der Waals surface area contributed by atoms with Crippen molar-refractivity contribution in [3.05, 3.63) is 40.9 Å². The van der Waals surface area contributed by atoms with E-state index in [0.29, 0.717) is 10.2 Å². The molecule has 2 aromatic rings. The number of pyridine rings is 1. The van der Waals surface area contributed by atoms with Crippen molar-refractivity contribution in [3.8, 4) is 0 Å². The number of aromatic nitrogens is 4. The number of carbonyl (C=O) groups is 1. The third-order valence-electron chi connectivity index (χ3n) is 1.70. The maximum Gasteiger partial charge on any atom is 0.258 e. The van der Waals surface area contributed by atoms with Crippen LogP contribution >= 0.6 is 15.9 Å². The average Bonchev–Trinajstić information content (AvgIpc) is 2.30. The van der Waals surface area contributed by atoms with Crippen molar-refractivity contribution >= 4 is 27.8 Å². The van der Waals surface area contributed by atoms with Crippen LogP contribution in [0.2, 0.25) is 0 Å². The van der Waals surface area contributed by atoms with Gasteiger partial charge in [0, 0.05) is 11.8 Å². The molecule has 0 fully saturated rings. The molecular weight excluding hydrogens is 274 g/mol. The minimum Gasteiger partial charge on any atom is -0.289 e. The zero-order valence-electron chi connectivity index (χ0n) is 7.96. The van der Waals surface area contributed by atoms with E-state index in [1.807, 2.05) is 0 Å². The molecule has 0 radical (unpaired) electrons. The number of anilines is 1. The molecule has 0 aromatic carbocycles. The van der Waals surface area contributed by atoms with E-state index >= 15 is 0 Å². The minimum atomic E-state index is -0.309. The molecule has 7 heteroatoms. The van der Waals surface area contributed by atoms with Gasteiger partial charge in [0.1, 0.15) is 4.60 Å². The Morgan fingerprint density at radius 1 is 1.25 bits per heavy atom. The smallest absolute Gasteiger partial charge is 0.258 e. The van der Waals surface area contributed by atoms with Gasteiger partial charge >= 0.3 is 0 Å². The second-order valence-electron chi connectivity index (χ2n) is 2.79. The molecule has 2 aromatic heterocycles. The summed E-state index contributed by atoms with van der Waals surface area (Å²) < 4.78 is 0.590. The van der Waals surface area contributed by atoms with E-state index in [0.717, 1.165) is 0 Å². The highest BCUT2D eigenvalue weighted by molar-refractivity contribution is 9.10. The lowest BCUT2D eigenvalue weighted by atomic mass is 10.2. The van der Waals surface area contributed by atoms with Crippen molar-refractivity contribution in [2.45, 2.75) is 0 Å². The second kappa shape index (κ2) is 4.75. The summed E-state index contributed by atoms with van der Waals surface area (Å²) in [7, 11) is 0. The van der Waals surface area contributed by atoms with Gasteiger partial charge in [-0.05, 0) is 28.1 Å². The minimum absolute atomic E-state index is 0.167. The van der Waals surface area contributed by atoms with Crippen LogP contribution in [0.15, 0.2) is 35.3 Å². The molecule has 0 spiro atoms. The molecule has 16 heavy (non-hydrogen) atoms. The normalized spacial score (nSPS) is 9.81. The highest BCUT2D eigenvalue weighted by atomic mass is 79.9. The van der Waals surface area contributed by atoms with E-state index in [2.05, 4.69) is 41.4 Å². The summed E-state index contributed by atoms with van der Waals surface area (Å²) in [6.07, 6.45) is 4.41. The van der Waals surface area contributed by atoms with Gasteiger partial charge in [0.05, 0.1) is 12.4 Å². The monoisotopic (exact) mass is 279 g/mol. The van der Waals surface area contributed by atoms with E-state index in [1.165, 1.54) is 18.6 Å². The molecule has 0 atom stereocenters. The van der Waals surface area contributed by atoms with Crippen LogP contribution in [0.4, 0.5) is 5.95 Å². The van der Waals surface area contributed by atoms with E-state index in [4.69, 9.17) is 0 Å². The molecular formula is C9H6BrN5O. The number of rotatable bonds is 2. The van der Waals surface area contributed by atoms with Crippen LogP contribution in [-0.4, -0.2) is 26.1 Å². The van der Waals surface area contributed by atoms with Crippen LogP contribution < -0.4 is 5.32 Å². The number of nitrogens with zero attached hydrogens (tertiary/aromatic N) is 4. The first kappa shape index (κ1) is 10.6. The van der Waals surface area contributed by atoms with Crippen molar-refractivity contribution in [1.82, 2.24) is 20.2 Å². The van der Waals surface area contributed by atoms with Crippen molar-refractivity contribution in [2.24, 2.45) is 0 Å². The Labute approximate surface area is 99.3 Å². The van der Waals surface area contributed by atoms with Gasteiger partial charge in [-0.15, -0.1) is 5.10 Å². The third-order valence-corrected chi connectivity index (χ3v) is 2.13. The molecule has 1 N–H and O–H groups in total. The number of hydrogen-bond acceptors (Lipinski definition) is 5. The van der Waals surface area contributed by atoms with Gasteiger partial charge in [-0.25, -0.2) is 9.97 Å². The second-order valence-corrected chi connectivity index (χ2v) is 3.60. The predicted octanol–water partition coefficient (Wildman–Crippen LogP) is 1.28. The predicted molar refractivity (Wildman–Crippen MR) is 59.7 cm³/mol. The Morgan fingerprint density at radius 3 is 2.81 bits per heavy atom. The first-order valence-corrected chi connectivity index (χ1v) is 5.11. The summed E-state index contributed by atoms with van der Waals surface area (Å²) >= 11 is 3.18. The summed E-state index contributed by atoms with van der Waals surface area (Å²) in [5.41, 5.74) is 0.467. The number of nitrogens with one attached hydrogen (secondary N) is 1. The van der Waals surface area contributed by atoms with Crippen molar-refractivity contribution in [3.63, 3.8) is 0 Å². The fraction of sp³-hybridized carbons (Fsp3) is 0.